The van der Waals surface area contributed by atoms with Gasteiger partial charge in [0.05, 0.1) is 34.4 Å². The number of likely N-dealkylation sites (N-methyl/N-ethyl adjacent to an activating group) is 1. The zero-order valence-electron chi connectivity index (χ0n) is 54.9. The summed E-state index contributed by atoms with van der Waals surface area (Å²) in [4.78, 5) is 37.6. The van der Waals surface area contributed by atoms with E-state index in [0.717, 1.165) is 64.2 Å². The maximum Gasteiger partial charge on any atom is 0.361 e. The third-order valence-electron chi connectivity index (χ3n) is 15.8. The van der Waals surface area contributed by atoms with Gasteiger partial charge in [-0.3, -0.25) is 9.59 Å². The molecule has 9 heteroatoms. The maximum absolute atomic E-state index is 12.9. The number of allylic oxidation sites excluding steroid dienone is 8. The minimum Gasteiger partial charge on any atom is -0.477 e. The molecule has 82 heavy (non-hydrogen) atoms. The number of carbonyl (C=O) groups excluding carboxylic acids is 2. The fraction of sp³-hybridized carbons (Fsp3) is 0.849. The molecule has 0 radical (unpaired) electrons. The number of esters is 2. The van der Waals surface area contributed by atoms with Gasteiger partial charge in [0.1, 0.15) is 13.2 Å². The summed E-state index contributed by atoms with van der Waals surface area (Å²) >= 11 is 0. The number of quaternary nitrogens is 1. The highest BCUT2D eigenvalue weighted by Crippen LogP contribution is 2.19. The van der Waals surface area contributed by atoms with Crippen molar-refractivity contribution in [2.45, 2.75) is 354 Å². The largest absolute Gasteiger partial charge is 0.477 e. The van der Waals surface area contributed by atoms with E-state index in [9.17, 15) is 19.5 Å². The number of carboxylic acids is 1. The number of unbranched alkanes of at least 4 members (excludes halogenated alkanes) is 43. The average Bonchev–Trinajstić information content (AvgIpc) is 3.47. The van der Waals surface area contributed by atoms with Gasteiger partial charge in [0, 0.05) is 12.8 Å². The Morgan fingerprint density at radius 3 is 1.04 bits per heavy atom. The molecule has 2 unspecified atom stereocenters. The molecular formula is C73H136NO8+. The zero-order valence-corrected chi connectivity index (χ0v) is 54.9. The standard InChI is InChI=1S/C73H135NO8/c1-6-8-10-12-14-16-18-20-22-24-26-28-30-32-34-36-38-40-42-44-46-48-50-52-54-56-58-60-62-64-71(76)82-69(68-81-73(72(77)78)79-66-65-74(3,4)5)67-80-70(75)63-61-59-57-55-53-51-49-47-45-43-41-39-37-35-33-31-29-27-25-23-21-19-17-15-13-11-9-7-2/h8,10,14,16,20,22,26,28,69,73H,6-7,9,11-13,15,17-19,21,23-25,27,29-68H2,1-5H3/p+1/b10-8-,16-14-,22-20-,28-26-. The number of hydrogen-bond donors (Lipinski definition) is 1. The molecular weight excluding hydrogens is 1020 g/mol. The minimum atomic E-state index is -1.51. The molecule has 9 nitrogen and oxygen atoms in total. The van der Waals surface area contributed by atoms with Gasteiger partial charge in [-0.15, -0.1) is 0 Å². The van der Waals surface area contributed by atoms with E-state index in [4.69, 9.17) is 18.9 Å². The molecule has 1 N–H and O–H groups in total. The molecule has 0 aromatic heterocycles. The fourth-order valence-electron chi connectivity index (χ4n) is 10.5. The Hall–Kier alpha value is -2.75. The fourth-order valence-corrected chi connectivity index (χ4v) is 10.5. The summed E-state index contributed by atoms with van der Waals surface area (Å²) in [6.45, 7) is 4.83. The van der Waals surface area contributed by atoms with Gasteiger partial charge < -0.3 is 28.5 Å². The van der Waals surface area contributed by atoms with Crippen molar-refractivity contribution in [3.63, 3.8) is 0 Å². The van der Waals surface area contributed by atoms with E-state index >= 15 is 0 Å². The van der Waals surface area contributed by atoms with Gasteiger partial charge in [-0.2, -0.15) is 0 Å². The molecule has 0 fully saturated rings. The Morgan fingerprint density at radius 1 is 0.378 bits per heavy atom. The minimum absolute atomic E-state index is 0.177. The van der Waals surface area contributed by atoms with Crippen LogP contribution in [0.2, 0.25) is 0 Å². The zero-order chi connectivity index (χ0) is 59.8. The van der Waals surface area contributed by atoms with Gasteiger partial charge in [0.25, 0.3) is 6.29 Å². The van der Waals surface area contributed by atoms with E-state index in [2.05, 4.69) is 62.5 Å². The topological polar surface area (TPSA) is 108 Å². The van der Waals surface area contributed by atoms with Crippen LogP contribution < -0.4 is 0 Å². The van der Waals surface area contributed by atoms with E-state index in [1.165, 1.54) is 250 Å². The number of ether oxygens (including phenoxy) is 4. The van der Waals surface area contributed by atoms with Gasteiger partial charge in [-0.1, -0.05) is 326 Å². The third kappa shape index (κ3) is 64.8. The molecule has 0 aliphatic heterocycles. The van der Waals surface area contributed by atoms with Gasteiger partial charge >= 0.3 is 17.9 Å². The van der Waals surface area contributed by atoms with E-state index in [1.807, 2.05) is 21.1 Å². The van der Waals surface area contributed by atoms with Crippen LogP contribution in [0.25, 0.3) is 0 Å². The number of carbonyl (C=O) groups is 3. The molecule has 0 bridgehead atoms. The normalized spacial score (nSPS) is 12.9. The second-order valence-corrected chi connectivity index (χ2v) is 25.2. The smallest absolute Gasteiger partial charge is 0.361 e. The molecule has 0 saturated carbocycles. The lowest BCUT2D eigenvalue weighted by Crippen LogP contribution is -2.40. The number of hydrogen-bond acceptors (Lipinski definition) is 7. The van der Waals surface area contributed by atoms with Gasteiger partial charge in [-0.05, 0) is 51.4 Å². The Labute approximate surface area is 508 Å². The lowest BCUT2D eigenvalue weighted by Gasteiger charge is -2.25. The van der Waals surface area contributed by atoms with E-state index < -0.39 is 18.4 Å². The van der Waals surface area contributed by atoms with Crippen LogP contribution in [-0.4, -0.2) is 87.4 Å². The number of aliphatic carboxylic acids is 1. The first-order valence-corrected chi connectivity index (χ1v) is 35.3. The molecule has 0 aliphatic carbocycles. The lowest BCUT2D eigenvalue weighted by atomic mass is 10.0. The summed E-state index contributed by atoms with van der Waals surface area (Å²) < 4.78 is 23.0. The first-order valence-electron chi connectivity index (χ1n) is 35.3. The van der Waals surface area contributed by atoms with Crippen molar-refractivity contribution in [1.29, 1.82) is 0 Å². The summed E-state index contributed by atoms with van der Waals surface area (Å²) in [6.07, 6.45) is 79.4. The summed E-state index contributed by atoms with van der Waals surface area (Å²) in [5.41, 5.74) is 0. The average molecular weight is 1160 g/mol. The van der Waals surface area contributed by atoms with E-state index in [1.54, 1.807) is 0 Å². The van der Waals surface area contributed by atoms with Gasteiger partial charge in [0.2, 0.25) is 0 Å². The third-order valence-corrected chi connectivity index (χ3v) is 15.8. The van der Waals surface area contributed by atoms with Crippen molar-refractivity contribution in [3.05, 3.63) is 48.6 Å². The molecule has 0 aromatic rings. The Bertz CT molecular complexity index is 1480. The molecule has 0 heterocycles. The van der Waals surface area contributed by atoms with Crippen LogP contribution in [0.4, 0.5) is 0 Å². The first-order chi connectivity index (χ1) is 40.1. The lowest BCUT2D eigenvalue weighted by molar-refractivity contribution is -0.870. The van der Waals surface area contributed by atoms with Crippen molar-refractivity contribution >= 4 is 17.9 Å². The number of rotatable bonds is 66. The summed E-state index contributed by atoms with van der Waals surface area (Å²) in [6, 6.07) is 0. The second kappa shape index (κ2) is 64.3. The highest BCUT2D eigenvalue weighted by molar-refractivity contribution is 5.71. The van der Waals surface area contributed by atoms with Crippen molar-refractivity contribution in [2.24, 2.45) is 0 Å². The summed E-state index contributed by atoms with van der Waals surface area (Å²) in [7, 11) is 5.99. The van der Waals surface area contributed by atoms with Crippen LogP contribution >= 0.6 is 0 Å². The molecule has 0 rings (SSSR count). The van der Waals surface area contributed by atoms with Crippen LogP contribution in [-0.2, 0) is 33.3 Å². The van der Waals surface area contributed by atoms with E-state index in [-0.39, 0.29) is 38.2 Å². The molecule has 0 saturated heterocycles. The van der Waals surface area contributed by atoms with E-state index in [0.29, 0.717) is 17.4 Å². The Kier molecular flexibility index (Phi) is 62.1. The van der Waals surface area contributed by atoms with Gasteiger partial charge in [-0.25, -0.2) is 4.79 Å². The second-order valence-electron chi connectivity index (χ2n) is 25.2. The van der Waals surface area contributed by atoms with Gasteiger partial charge in [0.15, 0.2) is 6.10 Å². The first kappa shape index (κ1) is 79.2. The number of carboxylic acid groups (broad SMARTS) is 1. The maximum atomic E-state index is 12.9. The van der Waals surface area contributed by atoms with Crippen molar-refractivity contribution in [3.8, 4) is 0 Å². The highest BCUT2D eigenvalue weighted by atomic mass is 16.7. The van der Waals surface area contributed by atoms with Crippen LogP contribution in [0.5, 0.6) is 0 Å². The summed E-state index contributed by atoms with van der Waals surface area (Å²) in [5, 5.41) is 9.75. The Morgan fingerprint density at radius 2 is 0.695 bits per heavy atom. The van der Waals surface area contributed by atoms with Crippen LogP contribution in [0.3, 0.4) is 0 Å². The molecule has 480 valence electrons. The van der Waals surface area contributed by atoms with Crippen molar-refractivity contribution in [2.75, 3.05) is 47.5 Å². The number of nitrogens with zero attached hydrogens (tertiary/aromatic N) is 1. The molecule has 0 aromatic carbocycles. The highest BCUT2D eigenvalue weighted by Gasteiger charge is 2.25. The molecule has 0 spiro atoms. The Balaban J connectivity index is 4.07. The van der Waals surface area contributed by atoms with Crippen molar-refractivity contribution in [1.82, 2.24) is 0 Å². The predicted octanol–water partition coefficient (Wildman–Crippen LogP) is 21.8. The van der Waals surface area contributed by atoms with Crippen LogP contribution in [0.15, 0.2) is 48.6 Å². The van der Waals surface area contributed by atoms with Crippen molar-refractivity contribution < 1.29 is 42.9 Å². The monoisotopic (exact) mass is 1160 g/mol. The molecule has 0 amide bonds. The van der Waals surface area contributed by atoms with Crippen LogP contribution in [0.1, 0.15) is 341 Å². The predicted molar refractivity (Wildman–Crippen MR) is 350 cm³/mol. The SMILES string of the molecule is CC/C=C\C/C=C\C/C=C\C/C=C\CCCCCCCCCCCCCCCCCCC(=O)OC(COC(=O)CCCCCCCCCCCCCCCCCCCCCCCCCCCCCC)COC(OCC[N+](C)(C)C)C(=O)O. The van der Waals surface area contributed by atoms with Crippen LogP contribution in [0, 0.1) is 0 Å². The summed E-state index contributed by atoms with van der Waals surface area (Å²) in [5.74, 6) is -1.98. The quantitative estimate of drug-likeness (QED) is 0.0211. The molecule has 0 aliphatic rings. The molecule has 2 atom stereocenters.